The first-order valence-corrected chi connectivity index (χ1v) is 11.6. The zero-order valence-electron chi connectivity index (χ0n) is 19.2. The number of alkyl halides is 3. The van der Waals surface area contributed by atoms with Crippen LogP contribution in [0.1, 0.15) is 66.4 Å². The molecule has 0 saturated heterocycles. The molecule has 0 radical (unpaired) electrons. The maximum absolute atomic E-state index is 13.5. The number of para-hydroxylation sites is 1. The van der Waals surface area contributed by atoms with Crippen molar-refractivity contribution >= 4 is 16.8 Å². The fraction of sp³-hybridized carbons (Fsp3) is 0.423. The summed E-state index contributed by atoms with van der Waals surface area (Å²) in [5.41, 5.74) is 0.733. The molecule has 0 bridgehead atoms. The van der Waals surface area contributed by atoms with Gasteiger partial charge in [0.05, 0.1) is 23.8 Å². The highest BCUT2D eigenvalue weighted by Gasteiger charge is 2.34. The summed E-state index contributed by atoms with van der Waals surface area (Å²) in [6.45, 7) is 2.05. The quantitative estimate of drug-likeness (QED) is 0.469. The van der Waals surface area contributed by atoms with Gasteiger partial charge in [0, 0.05) is 29.9 Å². The van der Waals surface area contributed by atoms with Gasteiger partial charge in [-0.2, -0.15) is 13.2 Å². The van der Waals surface area contributed by atoms with E-state index in [0.717, 1.165) is 43.7 Å². The number of ether oxygens (including phenoxy) is 1. The van der Waals surface area contributed by atoms with Gasteiger partial charge in [-0.15, -0.1) is 0 Å². The zero-order chi connectivity index (χ0) is 24.3. The standard InChI is InChI=1S/C26H28F3N3O2/c1-3-22(32-25(33)18-11-12-23(34-2)31-15-18)17-9-7-16(8-10-17)19-13-14-30-24-20(19)5-4-6-21(24)26(27,28)29/h4-6,11-17,22H,3,7-10H2,1-2H3,(H,32,33)/t16?,17?,22-/m1/s1. The highest BCUT2D eigenvalue weighted by atomic mass is 19.4. The molecule has 4 rings (SSSR count). The lowest BCUT2D eigenvalue weighted by molar-refractivity contribution is -0.136. The molecule has 0 aliphatic heterocycles. The summed E-state index contributed by atoms with van der Waals surface area (Å²) >= 11 is 0. The SMILES string of the molecule is CC[C@@H](NC(=O)c1ccc(OC)nc1)C1CCC(c2ccnc3c(C(F)(F)F)cccc23)CC1. The summed E-state index contributed by atoms with van der Waals surface area (Å²) in [6, 6.07) is 9.50. The Morgan fingerprint density at radius 3 is 2.50 bits per heavy atom. The molecular weight excluding hydrogens is 443 g/mol. The van der Waals surface area contributed by atoms with E-state index in [1.54, 1.807) is 18.2 Å². The van der Waals surface area contributed by atoms with Crippen LogP contribution in [0.2, 0.25) is 0 Å². The summed E-state index contributed by atoms with van der Waals surface area (Å²) in [5.74, 6) is 0.774. The van der Waals surface area contributed by atoms with E-state index in [1.165, 1.54) is 25.6 Å². The maximum Gasteiger partial charge on any atom is 0.418 e. The van der Waals surface area contributed by atoms with E-state index in [2.05, 4.69) is 22.2 Å². The first-order chi connectivity index (χ1) is 16.3. The van der Waals surface area contributed by atoms with Crippen molar-refractivity contribution < 1.29 is 22.7 Å². The van der Waals surface area contributed by atoms with Gasteiger partial charge in [-0.3, -0.25) is 9.78 Å². The Balaban J connectivity index is 1.45. The Morgan fingerprint density at radius 1 is 1.12 bits per heavy atom. The number of halogens is 3. The number of nitrogens with zero attached hydrogens (tertiary/aromatic N) is 2. The van der Waals surface area contributed by atoms with Gasteiger partial charge in [0.2, 0.25) is 5.88 Å². The zero-order valence-corrected chi connectivity index (χ0v) is 19.2. The van der Waals surface area contributed by atoms with E-state index >= 15 is 0 Å². The van der Waals surface area contributed by atoms with Crippen molar-refractivity contribution in [1.29, 1.82) is 0 Å². The molecule has 5 nitrogen and oxygen atoms in total. The Bertz CT molecular complexity index is 1140. The Morgan fingerprint density at radius 2 is 1.88 bits per heavy atom. The minimum atomic E-state index is -4.44. The van der Waals surface area contributed by atoms with Gasteiger partial charge < -0.3 is 10.1 Å². The highest BCUT2D eigenvalue weighted by molar-refractivity contribution is 5.94. The number of hydrogen-bond acceptors (Lipinski definition) is 4. The van der Waals surface area contributed by atoms with Crippen LogP contribution >= 0.6 is 0 Å². The van der Waals surface area contributed by atoms with Crippen molar-refractivity contribution in [2.24, 2.45) is 5.92 Å². The molecule has 2 heterocycles. The maximum atomic E-state index is 13.5. The third-order valence-corrected chi connectivity index (χ3v) is 6.85. The lowest BCUT2D eigenvalue weighted by atomic mass is 9.75. The van der Waals surface area contributed by atoms with Gasteiger partial charge in [-0.25, -0.2) is 4.98 Å². The molecule has 2 aromatic heterocycles. The number of pyridine rings is 2. The van der Waals surface area contributed by atoms with Crippen molar-refractivity contribution in [2.75, 3.05) is 7.11 Å². The van der Waals surface area contributed by atoms with E-state index in [0.29, 0.717) is 22.7 Å². The van der Waals surface area contributed by atoms with Crippen molar-refractivity contribution in [3.8, 4) is 5.88 Å². The van der Waals surface area contributed by atoms with Crippen molar-refractivity contribution in [3.63, 3.8) is 0 Å². The fourth-order valence-corrected chi connectivity index (χ4v) is 5.06. The van der Waals surface area contributed by atoms with Crippen molar-refractivity contribution in [1.82, 2.24) is 15.3 Å². The molecule has 1 aliphatic rings. The number of rotatable bonds is 6. The van der Waals surface area contributed by atoms with Gasteiger partial charge in [0.25, 0.3) is 5.91 Å². The smallest absolute Gasteiger partial charge is 0.418 e. The van der Waals surface area contributed by atoms with Crippen LogP contribution in [0.25, 0.3) is 10.9 Å². The molecule has 1 atom stereocenters. The monoisotopic (exact) mass is 471 g/mol. The second-order valence-electron chi connectivity index (χ2n) is 8.79. The van der Waals surface area contributed by atoms with E-state index < -0.39 is 11.7 Å². The third-order valence-electron chi connectivity index (χ3n) is 6.85. The predicted molar refractivity (Wildman–Crippen MR) is 124 cm³/mol. The van der Waals surface area contributed by atoms with E-state index in [9.17, 15) is 18.0 Å². The first-order valence-electron chi connectivity index (χ1n) is 11.6. The second-order valence-corrected chi connectivity index (χ2v) is 8.79. The summed E-state index contributed by atoms with van der Waals surface area (Å²) in [7, 11) is 1.52. The fourth-order valence-electron chi connectivity index (χ4n) is 5.06. The molecule has 0 unspecified atom stereocenters. The summed E-state index contributed by atoms with van der Waals surface area (Å²) in [6.07, 6.45) is 2.86. The molecule has 1 aliphatic carbocycles. The van der Waals surface area contributed by atoms with E-state index in [1.807, 2.05) is 6.07 Å². The topological polar surface area (TPSA) is 64.1 Å². The number of benzene rings is 1. The number of fused-ring (bicyclic) bond motifs is 1. The van der Waals surface area contributed by atoms with Crippen LogP contribution in [0.3, 0.4) is 0 Å². The number of amides is 1. The normalized spacial score (nSPS) is 19.6. The van der Waals surface area contributed by atoms with E-state index in [-0.39, 0.29) is 23.4 Å². The molecule has 3 aromatic rings. The largest absolute Gasteiger partial charge is 0.481 e. The van der Waals surface area contributed by atoms with Crippen LogP contribution in [-0.2, 0) is 6.18 Å². The average Bonchev–Trinajstić information content (AvgIpc) is 2.86. The number of hydrogen-bond donors (Lipinski definition) is 1. The van der Waals surface area contributed by atoms with Crippen LogP contribution in [-0.4, -0.2) is 29.0 Å². The predicted octanol–water partition coefficient (Wildman–Crippen LogP) is 6.14. The molecule has 1 saturated carbocycles. The number of carbonyl (C=O) groups is 1. The van der Waals surface area contributed by atoms with Gasteiger partial charge in [0.15, 0.2) is 0 Å². The average molecular weight is 472 g/mol. The van der Waals surface area contributed by atoms with Crippen LogP contribution in [0.5, 0.6) is 5.88 Å². The lowest BCUT2D eigenvalue weighted by Gasteiger charge is -2.34. The number of nitrogens with one attached hydrogen (secondary N) is 1. The molecule has 0 spiro atoms. The third kappa shape index (κ3) is 5.00. The number of methoxy groups -OCH3 is 1. The summed E-state index contributed by atoms with van der Waals surface area (Å²) < 4.78 is 45.4. The highest BCUT2D eigenvalue weighted by Crippen LogP contribution is 2.41. The van der Waals surface area contributed by atoms with Crippen molar-refractivity contribution in [3.05, 3.63) is 65.5 Å². The van der Waals surface area contributed by atoms with Gasteiger partial charge in [0.1, 0.15) is 0 Å². The van der Waals surface area contributed by atoms with Gasteiger partial charge in [-0.05, 0) is 67.7 Å². The Hall–Kier alpha value is -3.16. The molecule has 1 aromatic carbocycles. The minimum Gasteiger partial charge on any atom is -0.481 e. The second kappa shape index (κ2) is 9.99. The van der Waals surface area contributed by atoms with Crippen molar-refractivity contribution in [2.45, 2.75) is 57.2 Å². The van der Waals surface area contributed by atoms with Gasteiger partial charge in [-0.1, -0.05) is 19.1 Å². The number of aromatic nitrogens is 2. The minimum absolute atomic E-state index is 0.0152. The molecule has 1 fully saturated rings. The molecular formula is C26H28F3N3O2. The number of carbonyl (C=O) groups excluding carboxylic acids is 1. The Kier molecular flexibility index (Phi) is 7.05. The molecule has 8 heteroatoms. The summed E-state index contributed by atoms with van der Waals surface area (Å²) in [5, 5.41) is 3.72. The van der Waals surface area contributed by atoms with Crippen LogP contribution in [0.15, 0.2) is 48.8 Å². The Labute approximate surface area is 196 Å². The van der Waals surface area contributed by atoms with Crippen LogP contribution < -0.4 is 10.1 Å². The lowest BCUT2D eigenvalue weighted by Crippen LogP contribution is -2.41. The summed E-state index contributed by atoms with van der Waals surface area (Å²) in [4.78, 5) is 20.9. The molecule has 34 heavy (non-hydrogen) atoms. The molecule has 180 valence electrons. The van der Waals surface area contributed by atoms with Crippen LogP contribution in [0, 0.1) is 5.92 Å². The molecule has 1 N–H and O–H groups in total. The van der Waals surface area contributed by atoms with E-state index in [4.69, 9.17) is 4.74 Å². The van der Waals surface area contributed by atoms with Gasteiger partial charge >= 0.3 is 6.18 Å². The molecule has 1 amide bonds. The first kappa shape index (κ1) is 24.0. The van der Waals surface area contributed by atoms with Crippen LogP contribution in [0.4, 0.5) is 13.2 Å².